The van der Waals surface area contributed by atoms with Crippen molar-refractivity contribution in [2.75, 3.05) is 52.4 Å². The van der Waals surface area contributed by atoms with Gasteiger partial charge in [-0.25, -0.2) is 8.42 Å². The molecule has 0 aliphatic carbocycles. The van der Waals surface area contributed by atoms with Gasteiger partial charge >= 0.3 is 0 Å². The second-order valence-electron chi connectivity index (χ2n) is 5.96. The van der Waals surface area contributed by atoms with E-state index in [0.29, 0.717) is 25.2 Å². The number of benzene rings is 1. The monoisotopic (exact) mass is 404 g/mol. The van der Waals surface area contributed by atoms with E-state index in [2.05, 4.69) is 15.5 Å². The van der Waals surface area contributed by atoms with Crippen molar-refractivity contribution in [3.05, 3.63) is 29.8 Å². The first-order chi connectivity index (χ1) is 12.0. The molecule has 0 bridgehead atoms. The summed E-state index contributed by atoms with van der Waals surface area (Å²) in [5, 5.41) is 6.16. The molecule has 26 heavy (non-hydrogen) atoms. The van der Waals surface area contributed by atoms with Crippen molar-refractivity contribution in [1.29, 1.82) is 0 Å². The van der Waals surface area contributed by atoms with Crippen molar-refractivity contribution in [1.82, 2.24) is 19.8 Å². The van der Waals surface area contributed by atoms with Gasteiger partial charge in [-0.2, -0.15) is 4.31 Å². The maximum Gasteiger partial charge on any atom is 0.251 e. The van der Waals surface area contributed by atoms with E-state index in [9.17, 15) is 13.2 Å². The Labute approximate surface area is 162 Å². The Bertz CT molecular complexity index is 674. The summed E-state index contributed by atoms with van der Waals surface area (Å²) >= 11 is 0. The fraction of sp³-hybridized carbons (Fsp3) is 0.588. The van der Waals surface area contributed by atoms with Gasteiger partial charge in [0.05, 0.1) is 4.90 Å². The first-order valence-electron chi connectivity index (χ1n) is 8.80. The minimum absolute atomic E-state index is 0. The Kier molecular flexibility index (Phi) is 9.52. The van der Waals surface area contributed by atoms with E-state index in [-0.39, 0.29) is 23.2 Å². The predicted octanol–water partition coefficient (Wildman–Crippen LogP) is 0.774. The SMILES string of the molecule is CCN(CC)S(=O)(=O)c1cccc(C(=O)NCCN2CCNCC2)c1.Cl. The standard InChI is InChI=1S/C17H28N4O3S.ClH/c1-3-21(4-2)25(23,24)16-7-5-6-15(14-16)17(22)19-10-13-20-11-8-18-9-12-20;/h5-7,14,18H,3-4,8-13H2,1-2H3,(H,19,22);1H. The van der Waals surface area contributed by atoms with Crippen LogP contribution in [0.1, 0.15) is 24.2 Å². The fourth-order valence-electron chi connectivity index (χ4n) is 2.87. The Morgan fingerprint density at radius 2 is 1.88 bits per heavy atom. The molecule has 1 fully saturated rings. The molecule has 1 aliphatic rings. The number of carbonyl (C=O) groups excluding carboxylic acids is 1. The Balaban J connectivity index is 0.00000338. The average molecular weight is 405 g/mol. The molecule has 1 aromatic carbocycles. The molecule has 2 N–H and O–H groups in total. The molecule has 0 unspecified atom stereocenters. The summed E-state index contributed by atoms with van der Waals surface area (Å²) < 4.78 is 26.5. The molecule has 0 atom stereocenters. The van der Waals surface area contributed by atoms with E-state index < -0.39 is 10.0 Å². The van der Waals surface area contributed by atoms with Gasteiger partial charge in [-0.1, -0.05) is 19.9 Å². The number of rotatable bonds is 8. The number of nitrogens with one attached hydrogen (secondary N) is 2. The van der Waals surface area contributed by atoms with Crippen LogP contribution in [0.4, 0.5) is 0 Å². The number of amides is 1. The van der Waals surface area contributed by atoms with E-state index in [4.69, 9.17) is 0 Å². The summed E-state index contributed by atoms with van der Waals surface area (Å²) in [6.45, 7) is 9.65. The van der Waals surface area contributed by atoms with Crippen LogP contribution in [-0.2, 0) is 10.0 Å². The van der Waals surface area contributed by atoms with Crippen LogP contribution in [0.15, 0.2) is 29.2 Å². The summed E-state index contributed by atoms with van der Waals surface area (Å²) in [4.78, 5) is 14.8. The molecular formula is C17H29ClN4O3S. The van der Waals surface area contributed by atoms with Crippen molar-refractivity contribution in [2.45, 2.75) is 18.7 Å². The molecule has 1 aliphatic heterocycles. The highest BCUT2D eigenvalue weighted by Crippen LogP contribution is 2.16. The predicted molar refractivity (Wildman–Crippen MR) is 105 cm³/mol. The zero-order valence-corrected chi connectivity index (χ0v) is 17.0. The van der Waals surface area contributed by atoms with Gasteiger partial charge in [-0.05, 0) is 18.2 Å². The first-order valence-corrected chi connectivity index (χ1v) is 10.2. The maximum absolute atomic E-state index is 12.6. The number of halogens is 1. The van der Waals surface area contributed by atoms with Crippen molar-refractivity contribution >= 4 is 28.3 Å². The minimum Gasteiger partial charge on any atom is -0.351 e. The number of hydrogen-bond acceptors (Lipinski definition) is 5. The lowest BCUT2D eigenvalue weighted by atomic mass is 10.2. The topological polar surface area (TPSA) is 81.8 Å². The van der Waals surface area contributed by atoms with Crippen LogP contribution >= 0.6 is 12.4 Å². The molecule has 1 aromatic rings. The van der Waals surface area contributed by atoms with Gasteiger partial charge < -0.3 is 10.6 Å². The summed E-state index contributed by atoms with van der Waals surface area (Å²) in [5.74, 6) is -0.244. The second-order valence-corrected chi connectivity index (χ2v) is 7.90. The molecule has 1 amide bonds. The average Bonchev–Trinajstić information content (AvgIpc) is 2.63. The highest BCUT2D eigenvalue weighted by molar-refractivity contribution is 7.89. The zero-order chi connectivity index (χ0) is 18.3. The van der Waals surface area contributed by atoms with Crippen molar-refractivity contribution in [3.8, 4) is 0 Å². The third-order valence-corrected chi connectivity index (χ3v) is 6.41. The Morgan fingerprint density at radius 1 is 1.23 bits per heavy atom. The van der Waals surface area contributed by atoms with Gasteiger partial charge in [-0.3, -0.25) is 9.69 Å². The van der Waals surface area contributed by atoms with E-state index >= 15 is 0 Å². The molecular weight excluding hydrogens is 376 g/mol. The van der Waals surface area contributed by atoms with Gasteiger partial charge in [0, 0.05) is 57.9 Å². The van der Waals surface area contributed by atoms with Crippen molar-refractivity contribution < 1.29 is 13.2 Å². The summed E-state index contributed by atoms with van der Waals surface area (Å²) in [6, 6.07) is 6.24. The summed E-state index contributed by atoms with van der Waals surface area (Å²) in [6.07, 6.45) is 0. The van der Waals surface area contributed by atoms with Crippen LogP contribution in [0.25, 0.3) is 0 Å². The maximum atomic E-state index is 12.6. The molecule has 148 valence electrons. The number of hydrogen-bond donors (Lipinski definition) is 2. The minimum atomic E-state index is -3.56. The fourth-order valence-corrected chi connectivity index (χ4v) is 4.38. The van der Waals surface area contributed by atoms with Gasteiger partial charge in [0.2, 0.25) is 10.0 Å². The molecule has 7 nitrogen and oxygen atoms in total. The molecule has 2 rings (SSSR count). The first kappa shape index (κ1) is 22.9. The van der Waals surface area contributed by atoms with Crippen molar-refractivity contribution in [2.24, 2.45) is 0 Å². The van der Waals surface area contributed by atoms with Crippen LogP contribution in [0.2, 0.25) is 0 Å². The second kappa shape index (κ2) is 10.8. The van der Waals surface area contributed by atoms with Gasteiger partial charge in [0.25, 0.3) is 5.91 Å². The summed E-state index contributed by atoms with van der Waals surface area (Å²) in [5.41, 5.74) is 0.369. The molecule has 1 saturated heterocycles. The zero-order valence-electron chi connectivity index (χ0n) is 15.4. The van der Waals surface area contributed by atoms with Crippen LogP contribution < -0.4 is 10.6 Å². The van der Waals surface area contributed by atoms with Gasteiger partial charge in [-0.15, -0.1) is 12.4 Å². The molecule has 0 aromatic heterocycles. The number of sulfonamides is 1. The third kappa shape index (κ3) is 5.92. The van der Waals surface area contributed by atoms with Crippen LogP contribution in [0, 0.1) is 0 Å². The molecule has 1 heterocycles. The lowest BCUT2D eigenvalue weighted by Gasteiger charge is -2.27. The smallest absolute Gasteiger partial charge is 0.251 e. The van der Waals surface area contributed by atoms with Crippen LogP contribution in [0.5, 0.6) is 0 Å². The normalized spacial score (nSPS) is 15.5. The number of piperazine rings is 1. The molecule has 0 radical (unpaired) electrons. The van der Waals surface area contributed by atoms with Crippen LogP contribution in [0.3, 0.4) is 0 Å². The van der Waals surface area contributed by atoms with Gasteiger partial charge in [0.1, 0.15) is 0 Å². The molecule has 0 spiro atoms. The quantitative estimate of drug-likeness (QED) is 0.669. The molecule has 9 heteroatoms. The largest absolute Gasteiger partial charge is 0.351 e. The van der Waals surface area contributed by atoms with Crippen LogP contribution in [-0.4, -0.2) is 75.9 Å². The third-order valence-electron chi connectivity index (χ3n) is 4.36. The van der Waals surface area contributed by atoms with E-state index in [1.54, 1.807) is 26.0 Å². The van der Waals surface area contributed by atoms with Crippen molar-refractivity contribution in [3.63, 3.8) is 0 Å². The van der Waals surface area contributed by atoms with E-state index in [0.717, 1.165) is 32.7 Å². The number of nitrogens with zero attached hydrogens (tertiary/aromatic N) is 2. The lowest BCUT2D eigenvalue weighted by molar-refractivity contribution is 0.0947. The Hall–Kier alpha value is -1.19. The summed E-state index contributed by atoms with van der Waals surface area (Å²) in [7, 11) is -3.56. The number of carbonyl (C=O) groups is 1. The molecule has 0 saturated carbocycles. The highest BCUT2D eigenvalue weighted by Gasteiger charge is 2.22. The van der Waals surface area contributed by atoms with Gasteiger partial charge in [0.15, 0.2) is 0 Å². The lowest BCUT2D eigenvalue weighted by Crippen LogP contribution is -2.46. The van der Waals surface area contributed by atoms with E-state index in [1.165, 1.54) is 16.4 Å². The Morgan fingerprint density at radius 3 is 2.50 bits per heavy atom. The highest BCUT2D eigenvalue weighted by atomic mass is 35.5. The van der Waals surface area contributed by atoms with E-state index in [1.807, 2.05) is 0 Å².